The second kappa shape index (κ2) is 11.0. The highest BCUT2D eigenvalue weighted by molar-refractivity contribution is 9.10. The number of amides is 1. The molecule has 0 heterocycles. The second-order valence-electron chi connectivity index (χ2n) is 6.89. The van der Waals surface area contributed by atoms with Gasteiger partial charge in [0.25, 0.3) is 5.91 Å². The molecule has 3 rings (SSSR count). The molecular weight excluding hydrogens is 502 g/mol. The summed E-state index contributed by atoms with van der Waals surface area (Å²) in [5.74, 6) is -3.85. The largest absolute Gasteiger partial charge is 0.480 e. The van der Waals surface area contributed by atoms with Crippen molar-refractivity contribution in [2.45, 2.75) is 18.8 Å². The van der Waals surface area contributed by atoms with E-state index in [2.05, 4.69) is 21.2 Å². The van der Waals surface area contributed by atoms with Crippen LogP contribution in [0.1, 0.15) is 5.56 Å². The summed E-state index contributed by atoms with van der Waals surface area (Å²) in [7, 11) is 0. The van der Waals surface area contributed by atoms with E-state index in [4.69, 9.17) is 15.2 Å². The van der Waals surface area contributed by atoms with Crippen molar-refractivity contribution in [3.05, 3.63) is 88.4 Å². The predicted molar refractivity (Wildman–Crippen MR) is 120 cm³/mol. The molecule has 0 aliphatic rings. The van der Waals surface area contributed by atoms with Crippen LogP contribution >= 0.6 is 15.9 Å². The highest BCUT2D eigenvalue weighted by Crippen LogP contribution is 2.32. The first-order valence-electron chi connectivity index (χ1n) is 9.62. The van der Waals surface area contributed by atoms with E-state index < -0.39 is 35.7 Å². The number of carbonyl (C=O) groups is 2. The lowest BCUT2D eigenvalue weighted by Gasteiger charge is -2.21. The first-order valence-corrected chi connectivity index (χ1v) is 10.4. The van der Waals surface area contributed by atoms with Crippen LogP contribution in [0.3, 0.4) is 0 Å². The number of aliphatic carboxylic acids is 1. The van der Waals surface area contributed by atoms with Gasteiger partial charge in [-0.2, -0.15) is 0 Å². The zero-order chi connectivity index (χ0) is 24.0. The number of carboxylic acids is 1. The van der Waals surface area contributed by atoms with Crippen molar-refractivity contribution in [1.29, 1.82) is 0 Å². The molecule has 3 aromatic carbocycles. The highest BCUT2D eigenvalue weighted by Gasteiger charge is 2.32. The van der Waals surface area contributed by atoms with E-state index in [0.29, 0.717) is 11.4 Å². The molecule has 0 spiro atoms. The van der Waals surface area contributed by atoms with Gasteiger partial charge in [0, 0.05) is 11.8 Å². The lowest BCUT2D eigenvalue weighted by atomic mass is 10.1. The van der Waals surface area contributed by atoms with Gasteiger partial charge in [0.15, 0.2) is 17.7 Å². The zero-order valence-corrected chi connectivity index (χ0v) is 18.6. The summed E-state index contributed by atoms with van der Waals surface area (Å²) in [5, 5.41) is 11.8. The first-order chi connectivity index (χ1) is 15.7. The van der Waals surface area contributed by atoms with Crippen LogP contribution in [0.2, 0.25) is 0 Å². The van der Waals surface area contributed by atoms with Crippen molar-refractivity contribution in [3.8, 4) is 11.5 Å². The van der Waals surface area contributed by atoms with Crippen molar-refractivity contribution in [2.75, 3.05) is 5.32 Å². The number of nitrogens with two attached hydrogens (primary N) is 1. The number of rotatable bonds is 9. The van der Waals surface area contributed by atoms with Gasteiger partial charge in [-0.15, -0.1) is 0 Å². The van der Waals surface area contributed by atoms with E-state index >= 15 is 0 Å². The molecule has 33 heavy (non-hydrogen) atoms. The number of carboxylic acid groups (broad SMARTS) is 1. The lowest BCUT2D eigenvalue weighted by Crippen LogP contribution is -2.49. The monoisotopic (exact) mass is 520 g/mol. The van der Waals surface area contributed by atoms with Crippen LogP contribution in [0.4, 0.5) is 14.5 Å². The predicted octanol–water partition coefficient (Wildman–Crippen LogP) is 4.46. The topological polar surface area (TPSA) is 111 Å². The normalized spacial score (nSPS) is 12.6. The second-order valence-corrected chi connectivity index (χ2v) is 7.75. The van der Waals surface area contributed by atoms with Crippen LogP contribution < -0.4 is 15.8 Å². The summed E-state index contributed by atoms with van der Waals surface area (Å²) in [6, 6.07) is 15.1. The molecule has 0 saturated heterocycles. The molecule has 3 aromatic rings. The number of hydrogen-bond donors (Lipinski definition) is 3. The van der Waals surface area contributed by atoms with E-state index in [0.717, 1.165) is 17.7 Å². The van der Waals surface area contributed by atoms with Gasteiger partial charge in [0.1, 0.15) is 17.5 Å². The van der Waals surface area contributed by atoms with Crippen molar-refractivity contribution in [3.63, 3.8) is 0 Å². The number of ether oxygens (including phenoxy) is 2. The number of carbonyl (C=O) groups excluding carboxylic acids is 1. The van der Waals surface area contributed by atoms with Crippen molar-refractivity contribution in [1.82, 2.24) is 0 Å². The average molecular weight is 521 g/mol. The Kier molecular flexibility index (Phi) is 8.10. The van der Waals surface area contributed by atoms with Crippen molar-refractivity contribution in [2.24, 2.45) is 5.73 Å². The molecule has 0 aliphatic carbocycles. The fourth-order valence-corrected chi connectivity index (χ4v) is 3.16. The number of benzene rings is 3. The Morgan fingerprint density at radius 1 is 1.03 bits per heavy atom. The number of hydrogen-bond acceptors (Lipinski definition) is 5. The fraction of sp³-hybridized carbons (Fsp3) is 0.130. The molecule has 4 N–H and O–H groups in total. The van der Waals surface area contributed by atoms with Gasteiger partial charge >= 0.3 is 5.97 Å². The maximum Gasteiger partial charge on any atom is 0.323 e. The molecule has 0 radical (unpaired) electrons. The van der Waals surface area contributed by atoms with Crippen LogP contribution in [0, 0.1) is 11.6 Å². The Morgan fingerprint density at radius 2 is 1.67 bits per heavy atom. The van der Waals surface area contributed by atoms with Gasteiger partial charge in [0.2, 0.25) is 0 Å². The van der Waals surface area contributed by atoms with E-state index in [9.17, 15) is 23.5 Å². The quantitative estimate of drug-likeness (QED) is 0.359. The standard InChI is InChI=1S/C23H19BrF2N2O5/c24-16-10-17(25)18(26)11-19(16)33-15-8-6-14(7-9-15)28-22(29)21(20(27)23(30)31)32-12-13-4-2-1-3-5-13/h1-11,20-21H,12,27H2,(H,28,29)(H,30,31)/t20-,21-/m0/s1. The summed E-state index contributed by atoms with van der Waals surface area (Å²) >= 11 is 3.10. The number of anilines is 1. The molecule has 0 fully saturated rings. The van der Waals surface area contributed by atoms with Gasteiger partial charge in [0.05, 0.1) is 11.1 Å². The minimum Gasteiger partial charge on any atom is -0.480 e. The van der Waals surface area contributed by atoms with Gasteiger partial charge in [-0.25, -0.2) is 8.78 Å². The summed E-state index contributed by atoms with van der Waals surface area (Å²) in [5.41, 5.74) is 6.73. The zero-order valence-electron chi connectivity index (χ0n) is 17.0. The third-order valence-electron chi connectivity index (χ3n) is 4.47. The average Bonchev–Trinajstić information content (AvgIpc) is 2.79. The molecule has 2 atom stereocenters. The lowest BCUT2D eigenvalue weighted by molar-refractivity contribution is -0.147. The summed E-state index contributed by atoms with van der Waals surface area (Å²) in [6.07, 6.45) is -1.45. The molecule has 10 heteroatoms. The van der Waals surface area contributed by atoms with Crippen LogP contribution in [-0.4, -0.2) is 29.1 Å². The van der Waals surface area contributed by atoms with Crippen molar-refractivity contribution < 1.29 is 33.0 Å². The smallest absolute Gasteiger partial charge is 0.323 e. The summed E-state index contributed by atoms with van der Waals surface area (Å²) < 4.78 is 37.9. The first kappa shape index (κ1) is 24.3. The molecule has 0 unspecified atom stereocenters. The van der Waals surface area contributed by atoms with Crippen LogP contribution in [0.5, 0.6) is 11.5 Å². The van der Waals surface area contributed by atoms with Crippen LogP contribution in [0.25, 0.3) is 0 Å². The Bertz CT molecular complexity index is 1130. The maximum atomic E-state index is 13.5. The van der Waals surface area contributed by atoms with Gasteiger partial charge in [-0.05, 0) is 51.8 Å². The van der Waals surface area contributed by atoms with E-state index in [1.165, 1.54) is 24.3 Å². The fourth-order valence-electron chi connectivity index (χ4n) is 2.76. The van der Waals surface area contributed by atoms with Gasteiger partial charge in [-0.1, -0.05) is 30.3 Å². The molecule has 0 aliphatic heterocycles. The molecular formula is C23H19BrF2N2O5. The molecule has 0 aromatic heterocycles. The highest BCUT2D eigenvalue weighted by atomic mass is 79.9. The SMILES string of the molecule is N[C@H](C(=O)O)[C@H](OCc1ccccc1)C(=O)Nc1ccc(Oc2cc(F)c(F)cc2Br)cc1. The Balaban J connectivity index is 1.67. The molecule has 1 amide bonds. The molecule has 0 saturated carbocycles. The number of nitrogens with one attached hydrogen (secondary N) is 1. The minimum absolute atomic E-state index is 0.00417. The third kappa shape index (κ3) is 6.58. The molecule has 172 valence electrons. The van der Waals surface area contributed by atoms with Crippen LogP contribution in [-0.2, 0) is 20.9 Å². The Morgan fingerprint density at radius 3 is 2.30 bits per heavy atom. The van der Waals surface area contributed by atoms with Gasteiger partial charge < -0.3 is 25.6 Å². The van der Waals surface area contributed by atoms with E-state index in [-0.39, 0.29) is 16.8 Å². The van der Waals surface area contributed by atoms with Crippen molar-refractivity contribution >= 4 is 33.5 Å². The molecule has 7 nitrogen and oxygen atoms in total. The maximum absolute atomic E-state index is 13.5. The van der Waals surface area contributed by atoms with E-state index in [1.54, 1.807) is 24.3 Å². The molecule has 0 bridgehead atoms. The summed E-state index contributed by atoms with van der Waals surface area (Å²) in [4.78, 5) is 24.0. The summed E-state index contributed by atoms with van der Waals surface area (Å²) in [6.45, 7) is -0.00417. The Hall–Kier alpha value is -3.34. The minimum atomic E-state index is -1.58. The Labute approximate surface area is 196 Å². The van der Waals surface area contributed by atoms with E-state index in [1.807, 2.05) is 6.07 Å². The number of halogens is 3. The van der Waals surface area contributed by atoms with Crippen LogP contribution in [0.15, 0.2) is 71.2 Å². The third-order valence-corrected chi connectivity index (χ3v) is 5.09. The van der Waals surface area contributed by atoms with Gasteiger partial charge in [-0.3, -0.25) is 9.59 Å².